The highest BCUT2D eigenvalue weighted by Gasteiger charge is 2.50. The van der Waals surface area contributed by atoms with E-state index in [1.165, 1.54) is 17.3 Å². The molecule has 1 fully saturated rings. The van der Waals surface area contributed by atoms with Crippen molar-refractivity contribution in [2.75, 3.05) is 13.1 Å². The number of carbonyl (C=O) groups excluding carboxylic acids is 2. The lowest BCUT2D eigenvalue weighted by atomic mass is 9.67. The predicted molar refractivity (Wildman–Crippen MR) is 110 cm³/mol. The van der Waals surface area contributed by atoms with Crippen LogP contribution in [0.5, 0.6) is 0 Å². The second-order valence-electron chi connectivity index (χ2n) is 8.53. The van der Waals surface area contributed by atoms with Crippen molar-refractivity contribution < 1.29 is 18.0 Å². The minimum atomic E-state index is -3.67. The Labute approximate surface area is 171 Å². The number of hydrogen-bond acceptors (Lipinski definition) is 5. The Morgan fingerprint density at radius 3 is 2.32 bits per heavy atom. The Morgan fingerprint density at radius 1 is 1.25 bits per heavy atom. The topological polar surface area (TPSA) is 95.6 Å². The van der Waals surface area contributed by atoms with Crippen LogP contribution >= 0.6 is 11.3 Å². The highest BCUT2D eigenvalue weighted by molar-refractivity contribution is 7.91. The van der Waals surface area contributed by atoms with Crippen LogP contribution in [0.1, 0.15) is 39.5 Å². The largest absolute Gasteiger partial charge is 0.351 e. The molecule has 0 saturated carbocycles. The van der Waals surface area contributed by atoms with Gasteiger partial charge in [-0.05, 0) is 29.0 Å². The maximum absolute atomic E-state index is 13.2. The van der Waals surface area contributed by atoms with Crippen LogP contribution in [-0.4, -0.2) is 43.7 Å². The molecule has 2 N–H and O–H groups in total. The van der Waals surface area contributed by atoms with Crippen molar-refractivity contribution in [3.05, 3.63) is 29.7 Å². The van der Waals surface area contributed by atoms with Gasteiger partial charge in [-0.2, -0.15) is 4.31 Å². The van der Waals surface area contributed by atoms with E-state index >= 15 is 0 Å². The van der Waals surface area contributed by atoms with Crippen molar-refractivity contribution in [2.24, 2.45) is 10.8 Å². The number of carbonyl (C=O) groups is 2. The number of rotatable bonds is 6. The summed E-state index contributed by atoms with van der Waals surface area (Å²) < 4.78 is 28.2. The fourth-order valence-electron chi connectivity index (χ4n) is 3.90. The lowest BCUT2D eigenvalue weighted by Gasteiger charge is -2.52. The predicted octanol–water partition coefficient (Wildman–Crippen LogP) is 2.11. The lowest BCUT2D eigenvalue weighted by molar-refractivity contribution is -0.120. The van der Waals surface area contributed by atoms with Gasteiger partial charge >= 0.3 is 0 Å². The molecule has 1 aliphatic heterocycles. The second-order valence-corrected chi connectivity index (χ2v) is 11.9. The van der Waals surface area contributed by atoms with Gasteiger partial charge < -0.3 is 10.6 Å². The molecule has 1 aromatic heterocycles. The molecule has 0 spiro atoms. The van der Waals surface area contributed by atoms with Crippen molar-refractivity contribution in [3.8, 4) is 0 Å². The summed E-state index contributed by atoms with van der Waals surface area (Å²) in [6, 6.07) is 3.11. The number of sulfonamides is 1. The molecule has 2 amide bonds. The summed E-state index contributed by atoms with van der Waals surface area (Å²) in [7, 11) is -3.67. The van der Waals surface area contributed by atoms with Crippen molar-refractivity contribution in [3.63, 3.8) is 0 Å². The van der Waals surface area contributed by atoms with Gasteiger partial charge in [0.2, 0.25) is 11.8 Å². The van der Waals surface area contributed by atoms with E-state index in [1.54, 1.807) is 12.1 Å². The molecule has 0 atom stereocenters. The standard InChI is InChI=1S/C19H29N3O4S2/c1-7-15(24)21-17-18(3,4)11-22(12-19(17,5)6)28(25,26)16-9-8-14(27-16)10-20-13(2)23/h7-9,17H,1,10-12H2,2-6H3,(H,20,23)(H,21,24). The first-order valence-corrected chi connectivity index (χ1v) is 11.3. The quantitative estimate of drug-likeness (QED) is 0.680. The van der Waals surface area contributed by atoms with Crippen LogP contribution in [0.25, 0.3) is 0 Å². The minimum Gasteiger partial charge on any atom is -0.351 e. The molecule has 2 heterocycles. The molecule has 2 rings (SSSR count). The van der Waals surface area contributed by atoms with Crippen LogP contribution in [-0.2, 0) is 26.2 Å². The van der Waals surface area contributed by atoms with Gasteiger partial charge in [-0.15, -0.1) is 11.3 Å². The highest BCUT2D eigenvalue weighted by atomic mass is 32.2. The van der Waals surface area contributed by atoms with Crippen LogP contribution in [0, 0.1) is 10.8 Å². The molecule has 0 aliphatic carbocycles. The molecule has 7 nitrogen and oxygen atoms in total. The third-order valence-corrected chi connectivity index (χ3v) is 8.29. The first kappa shape index (κ1) is 22.6. The lowest BCUT2D eigenvalue weighted by Crippen LogP contribution is -2.64. The Morgan fingerprint density at radius 2 is 1.82 bits per heavy atom. The van der Waals surface area contributed by atoms with Crippen molar-refractivity contribution >= 4 is 33.2 Å². The van der Waals surface area contributed by atoms with E-state index in [9.17, 15) is 18.0 Å². The summed E-state index contributed by atoms with van der Waals surface area (Å²) in [5.41, 5.74) is -0.937. The van der Waals surface area contributed by atoms with E-state index in [1.807, 2.05) is 27.7 Å². The maximum Gasteiger partial charge on any atom is 0.252 e. The Balaban J connectivity index is 2.27. The van der Waals surface area contributed by atoms with E-state index < -0.39 is 20.9 Å². The third kappa shape index (κ3) is 4.82. The van der Waals surface area contributed by atoms with Gasteiger partial charge in [0.1, 0.15) is 4.21 Å². The second kappa shape index (κ2) is 7.96. The van der Waals surface area contributed by atoms with Gasteiger partial charge in [0, 0.05) is 30.9 Å². The highest BCUT2D eigenvalue weighted by Crippen LogP contribution is 2.42. The Kier molecular flexibility index (Phi) is 6.42. The van der Waals surface area contributed by atoms with E-state index in [4.69, 9.17) is 0 Å². The average Bonchev–Trinajstić information content (AvgIpc) is 3.05. The zero-order chi connectivity index (χ0) is 21.3. The molecule has 0 radical (unpaired) electrons. The maximum atomic E-state index is 13.2. The monoisotopic (exact) mass is 427 g/mol. The summed E-state index contributed by atoms with van der Waals surface area (Å²) in [5, 5.41) is 5.65. The molecular formula is C19H29N3O4S2. The third-order valence-electron chi connectivity index (χ3n) is 4.95. The van der Waals surface area contributed by atoms with E-state index in [0.717, 1.165) is 16.2 Å². The van der Waals surface area contributed by atoms with E-state index in [0.29, 0.717) is 19.6 Å². The van der Waals surface area contributed by atoms with Crippen LogP contribution in [0.15, 0.2) is 29.0 Å². The number of amides is 2. The summed E-state index contributed by atoms with van der Waals surface area (Å²) in [6.45, 7) is 13.7. The summed E-state index contributed by atoms with van der Waals surface area (Å²) in [4.78, 5) is 23.7. The van der Waals surface area contributed by atoms with Gasteiger partial charge in [0.25, 0.3) is 10.0 Å². The van der Waals surface area contributed by atoms with Crippen LogP contribution in [0.4, 0.5) is 0 Å². The summed E-state index contributed by atoms with van der Waals surface area (Å²) >= 11 is 1.16. The van der Waals surface area contributed by atoms with Crippen LogP contribution in [0.2, 0.25) is 0 Å². The van der Waals surface area contributed by atoms with Gasteiger partial charge in [0.15, 0.2) is 0 Å². The van der Waals surface area contributed by atoms with Crippen LogP contribution in [0.3, 0.4) is 0 Å². The van der Waals surface area contributed by atoms with Gasteiger partial charge in [-0.3, -0.25) is 9.59 Å². The number of piperidine rings is 1. The fourth-order valence-corrected chi connectivity index (χ4v) is 7.13. The Bertz CT molecular complexity index is 853. The number of nitrogens with zero attached hydrogens (tertiary/aromatic N) is 1. The Hall–Kier alpha value is -1.71. The molecule has 1 aliphatic rings. The smallest absolute Gasteiger partial charge is 0.252 e. The molecule has 1 saturated heterocycles. The van der Waals surface area contributed by atoms with Crippen molar-refractivity contribution in [2.45, 2.75) is 51.4 Å². The van der Waals surface area contributed by atoms with E-state index in [-0.39, 0.29) is 22.1 Å². The summed E-state index contributed by atoms with van der Waals surface area (Å²) in [6.07, 6.45) is 1.23. The zero-order valence-corrected chi connectivity index (χ0v) is 18.7. The molecule has 156 valence electrons. The number of hydrogen-bond donors (Lipinski definition) is 2. The van der Waals surface area contributed by atoms with Gasteiger partial charge in [-0.1, -0.05) is 34.3 Å². The number of nitrogens with one attached hydrogen (secondary N) is 2. The molecule has 9 heteroatoms. The average molecular weight is 428 g/mol. The van der Waals surface area contributed by atoms with Crippen molar-refractivity contribution in [1.29, 1.82) is 0 Å². The summed E-state index contributed by atoms with van der Waals surface area (Å²) in [5.74, 6) is -0.423. The minimum absolute atomic E-state index is 0.162. The molecule has 0 bridgehead atoms. The fraction of sp³-hybridized carbons (Fsp3) is 0.579. The molecule has 0 aromatic carbocycles. The number of thiophene rings is 1. The van der Waals surface area contributed by atoms with Crippen LogP contribution < -0.4 is 10.6 Å². The molecule has 28 heavy (non-hydrogen) atoms. The molecular weight excluding hydrogens is 398 g/mol. The normalized spacial score (nSPS) is 19.8. The van der Waals surface area contributed by atoms with E-state index in [2.05, 4.69) is 17.2 Å². The first-order valence-electron chi connectivity index (χ1n) is 9.06. The molecule has 0 unspecified atom stereocenters. The van der Waals surface area contributed by atoms with Crippen molar-refractivity contribution in [1.82, 2.24) is 14.9 Å². The first-order chi connectivity index (χ1) is 12.8. The van der Waals surface area contributed by atoms with Gasteiger partial charge in [0.05, 0.1) is 6.54 Å². The zero-order valence-electron chi connectivity index (χ0n) is 17.0. The molecule has 1 aromatic rings. The van der Waals surface area contributed by atoms with Gasteiger partial charge in [-0.25, -0.2) is 8.42 Å². The SMILES string of the molecule is C=CC(=O)NC1C(C)(C)CN(S(=O)(=O)c2ccc(CNC(C)=O)s2)CC1(C)C.